The van der Waals surface area contributed by atoms with Crippen LogP contribution in [-0.2, 0) is 0 Å². The van der Waals surface area contributed by atoms with Gasteiger partial charge < -0.3 is 4.74 Å². The van der Waals surface area contributed by atoms with Crippen LogP contribution < -0.4 is 4.74 Å². The first-order valence-corrected chi connectivity index (χ1v) is 6.62. The molecule has 0 heterocycles. The largest absolute Gasteiger partial charge is 0.456 e. The maximum atomic E-state index is 13.8. The first-order valence-electron chi connectivity index (χ1n) is 6.62. The van der Waals surface area contributed by atoms with Gasteiger partial charge in [-0.05, 0) is 30.5 Å². The Hall–Kier alpha value is -2.68. The summed E-state index contributed by atoms with van der Waals surface area (Å²) in [6, 6.07) is 17.8. The van der Waals surface area contributed by atoms with Crippen molar-refractivity contribution in [2.75, 3.05) is 0 Å². The van der Waals surface area contributed by atoms with E-state index in [1.807, 2.05) is 36.4 Å². The van der Waals surface area contributed by atoms with Crippen molar-refractivity contribution in [2.45, 2.75) is 6.92 Å². The molecule has 2 nitrogen and oxygen atoms in total. The summed E-state index contributed by atoms with van der Waals surface area (Å²) in [5.74, 6) is -0.0939. The summed E-state index contributed by atoms with van der Waals surface area (Å²) < 4.78 is 19.6. The number of halogens is 1. The van der Waals surface area contributed by atoms with Crippen molar-refractivity contribution in [3.63, 3.8) is 0 Å². The molecule has 104 valence electrons. The minimum absolute atomic E-state index is 0.0227. The van der Waals surface area contributed by atoms with Crippen LogP contribution in [0.2, 0.25) is 0 Å². The standard InChI is InChI=1S/C18H13FO2/c1-12(20)18-15(19)9-5-11-17(18)21-16-10-4-7-13-6-2-3-8-14(13)16/h2-11H,1H3. The minimum atomic E-state index is -0.569. The van der Waals surface area contributed by atoms with Crippen molar-refractivity contribution in [1.82, 2.24) is 0 Å². The number of carbonyl (C=O) groups excluding carboxylic acids is 1. The Labute approximate surface area is 121 Å². The summed E-state index contributed by atoms with van der Waals surface area (Å²) in [7, 11) is 0. The zero-order valence-corrected chi connectivity index (χ0v) is 11.5. The molecule has 0 fully saturated rings. The fourth-order valence-corrected chi connectivity index (χ4v) is 2.33. The molecule has 0 aliphatic rings. The van der Waals surface area contributed by atoms with Crippen LogP contribution in [-0.4, -0.2) is 5.78 Å². The fraction of sp³-hybridized carbons (Fsp3) is 0.0556. The number of carbonyl (C=O) groups is 1. The van der Waals surface area contributed by atoms with Gasteiger partial charge >= 0.3 is 0 Å². The van der Waals surface area contributed by atoms with Crippen LogP contribution in [0.15, 0.2) is 60.7 Å². The smallest absolute Gasteiger partial charge is 0.166 e. The number of Topliss-reactive ketones (excluding diaryl/α,β-unsaturated/α-hetero) is 1. The maximum absolute atomic E-state index is 13.8. The average molecular weight is 280 g/mol. The first-order chi connectivity index (χ1) is 10.2. The Kier molecular flexibility index (Phi) is 3.40. The number of hydrogen-bond donors (Lipinski definition) is 0. The SMILES string of the molecule is CC(=O)c1c(F)cccc1Oc1cccc2ccccc12. The Balaban J connectivity index is 2.12. The quantitative estimate of drug-likeness (QED) is 0.633. The predicted molar refractivity (Wildman–Crippen MR) is 80.4 cm³/mol. The zero-order valence-electron chi connectivity index (χ0n) is 11.5. The van der Waals surface area contributed by atoms with Crippen molar-refractivity contribution in [3.05, 3.63) is 72.0 Å². The lowest BCUT2D eigenvalue weighted by Gasteiger charge is -2.12. The molecule has 3 aromatic rings. The summed E-state index contributed by atoms with van der Waals surface area (Å²) in [4.78, 5) is 11.6. The Morgan fingerprint density at radius 1 is 0.905 bits per heavy atom. The van der Waals surface area contributed by atoms with E-state index in [9.17, 15) is 9.18 Å². The van der Waals surface area contributed by atoms with Crippen LogP contribution in [0.1, 0.15) is 17.3 Å². The monoisotopic (exact) mass is 280 g/mol. The molecule has 0 aliphatic carbocycles. The van der Waals surface area contributed by atoms with E-state index in [-0.39, 0.29) is 17.1 Å². The second-order valence-electron chi connectivity index (χ2n) is 4.75. The highest BCUT2D eigenvalue weighted by molar-refractivity contribution is 5.97. The van der Waals surface area contributed by atoms with E-state index in [0.717, 1.165) is 10.8 Å². The topological polar surface area (TPSA) is 26.3 Å². The summed E-state index contributed by atoms with van der Waals surface area (Å²) in [6.45, 7) is 1.33. The van der Waals surface area contributed by atoms with Crippen LogP contribution in [0.4, 0.5) is 4.39 Å². The third-order valence-electron chi connectivity index (χ3n) is 3.30. The summed E-state index contributed by atoms with van der Waals surface area (Å²) in [5, 5.41) is 1.94. The molecule has 3 rings (SSSR count). The lowest BCUT2D eigenvalue weighted by atomic mass is 10.1. The van der Waals surface area contributed by atoms with Gasteiger partial charge in [-0.2, -0.15) is 0 Å². The van der Waals surface area contributed by atoms with Gasteiger partial charge in [0.1, 0.15) is 17.3 Å². The number of rotatable bonds is 3. The first kappa shape index (κ1) is 13.3. The van der Waals surface area contributed by atoms with Gasteiger partial charge in [-0.3, -0.25) is 4.79 Å². The molecular formula is C18H13FO2. The fourth-order valence-electron chi connectivity index (χ4n) is 2.33. The van der Waals surface area contributed by atoms with E-state index in [4.69, 9.17) is 4.74 Å². The molecular weight excluding hydrogens is 267 g/mol. The maximum Gasteiger partial charge on any atom is 0.166 e. The zero-order chi connectivity index (χ0) is 14.8. The van der Waals surface area contributed by atoms with Crippen LogP contribution in [0.3, 0.4) is 0 Å². The van der Waals surface area contributed by atoms with E-state index in [2.05, 4.69) is 0 Å². The van der Waals surface area contributed by atoms with E-state index < -0.39 is 5.82 Å². The molecule has 21 heavy (non-hydrogen) atoms. The van der Waals surface area contributed by atoms with Crippen molar-refractivity contribution in [3.8, 4) is 11.5 Å². The van der Waals surface area contributed by atoms with Crippen molar-refractivity contribution < 1.29 is 13.9 Å². The van der Waals surface area contributed by atoms with Gasteiger partial charge in [-0.1, -0.05) is 42.5 Å². The van der Waals surface area contributed by atoms with Gasteiger partial charge in [0.25, 0.3) is 0 Å². The van der Waals surface area contributed by atoms with E-state index >= 15 is 0 Å². The highest BCUT2D eigenvalue weighted by Gasteiger charge is 2.15. The molecule has 0 aromatic heterocycles. The van der Waals surface area contributed by atoms with Gasteiger partial charge in [0.15, 0.2) is 5.78 Å². The number of ether oxygens (including phenoxy) is 1. The molecule has 0 atom stereocenters. The normalized spacial score (nSPS) is 10.6. The molecule has 0 aliphatic heterocycles. The Bertz CT molecular complexity index is 819. The highest BCUT2D eigenvalue weighted by atomic mass is 19.1. The Morgan fingerprint density at radius 3 is 2.38 bits per heavy atom. The van der Waals surface area contributed by atoms with Crippen molar-refractivity contribution in [2.24, 2.45) is 0 Å². The third-order valence-corrected chi connectivity index (χ3v) is 3.30. The minimum Gasteiger partial charge on any atom is -0.456 e. The van der Waals surface area contributed by atoms with E-state index in [0.29, 0.717) is 5.75 Å². The molecule has 0 spiro atoms. The van der Waals surface area contributed by atoms with Crippen LogP contribution in [0.5, 0.6) is 11.5 Å². The highest BCUT2D eigenvalue weighted by Crippen LogP contribution is 2.32. The molecule has 0 N–H and O–H groups in total. The number of fused-ring (bicyclic) bond motifs is 1. The molecule has 0 bridgehead atoms. The summed E-state index contributed by atoms with van der Waals surface area (Å²) in [6.07, 6.45) is 0. The second kappa shape index (κ2) is 5.37. The van der Waals surface area contributed by atoms with Crippen LogP contribution in [0, 0.1) is 5.82 Å². The lowest BCUT2D eigenvalue weighted by molar-refractivity contribution is 0.101. The second-order valence-corrected chi connectivity index (χ2v) is 4.75. The van der Waals surface area contributed by atoms with Crippen molar-refractivity contribution in [1.29, 1.82) is 0 Å². The molecule has 0 radical (unpaired) electrons. The van der Waals surface area contributed by atoms with Crippen LogP contribution in [0.25, 0.3) is 10.8 Å². The molecule has 3 heteroatoms. The Morgan fingerprint density at radius 2 is 1.57 bits per heavy atom. The molecule has 0 unspecified atom stereocenters. The molecule has 0 saturated carbocycles. The lowest BCUT2D eigenvalue weighted by Crippen LogP contribution is -2.01. The third kappa shape index (κ3) is 2.50. The molecule has 0 amide bonds. The summed E-state index contributed by atoms with van der Waals surface area (Å²) in [5.41, 5.74) is -0.0227. The van der Waals surface area contributed by atoms with Gasteiger partial charge in [-0.15, -0.1) is 0 Å². The van der Waals surface area contributed by atoms with Crippen LogP contribution >= 0.6 is 0 Å². The van der Waals surface area contributed by atoms with Gasteiger partial charge in [0.2, 0.25) is 0 Å². The van der Waals surface area contributed by atoms with Gasteiger partial charge in [-0.25, -0.2) is 4.39 Å². The van der Waals surface area contributed by atoms with E-state index in [1.165, 1.54) is 19.1 Å². The van der Waals surface area contributed by atoms with Crippen molar-refractivity contribution >= 4 is 16.6 Å². The summed E-state index contributed by atoms with van der Waals surface area (Å²) >= 11 is 0. The van der Waals surface area contributed by atoms with Gasteiger partial charge in [0.05, 0.1) is 5.56 Å². The molecule has 0 saturated heterocycles. The van der Waals surface area contributed by atoms with Gasteiger partial charge in [0, 0.05) is 5.39 Å². The average Bonchev–Trinajstić information content (AvgIpc) is 2.47. The predicted octanol–water partition coefficient (Wildman–Crippen LogP) is 4.97. The molecule has 3 aromatic carbocycles. The number of benzene rings is 3. The number of ketones is 1. The number of hydrogen-bond acceptors (Lipinski definition) is 2. The van der Waals surface area contributed by atoms with E-state index in [1.54, 1.807) is 12.1 Å².